The first-order valence-electron chi connectivity index (χ1n) is 7.22. The second-order valence-electron chi connectivity index (χ2n) is 5.66. The summed E-state index contributed by atoms with van der Waals surface area (Å²) >= 11 is 6.00. The van der Waals surface area contributed by atoms with Crippen LogP contribution in [-0.2, 0) is 16.6 Å². The molecule has 0 radical (unpaired) electrons. The molecule has 0 saturated heterocycles. The maximum Gasteiger partial charge on any atom is 0.241 e. The molecular weight excluding hydrogens is 308 g/mol. The first kappa shape index (κ1) is 18.4. The molecule has 2 atom stereocenters. The van der Waals surface area contributed by atoms with E-state index in [0.29, 0.717) is 16.5 Å². The fourth-order valence-corrected chi connectivity index (χ4v) is 4.22. The number of nitrogens with one attached hydrogen (secondary N) is 1. The van der Waals surface area contributed by atoms with Crippen molar-refractivity contribution in [3.8, 4) is 0 Å². The second-order valence-corrected chi connectivity index (χ2v) is 7.78. The second kappa shape index (κ2) is 7.58. The fraction of sp³-hybridized carbons (Fsp3) is 0.600. The third kappa shape index (κ3) is 4.95. The van der Waals surface area contributed by atoms with E-state index in [2.05, 4.69) is 18.6 Å². The minimum Gasteiger partial charge on any atom is -0.326 e. The van der Waals surface area contributed by atoms with Crippen LogP contribution in [0.3, 0.4) is 0 Å². The van der Waals surface area contributed by atoms with Gasteiger partial charge in [0.1, 0.15) is 0 Å². The fourth-order valence-electron chi connectivity index (χ4n) is 2.35. The molecular formula is C15H25ClN2O2S. The highest BCUT2D eigenvalue weighted by Gasteiger charge is 2.22. The summed E-state index contributed by atoms with van der Waals surface area (Å²) in [6, 6.07) is 3.07. The number of benzene rings is 1. The maximum atomic E-state index is 12.5. The molecule has 1 aromatic rings. The molecule has 2 unspecified atom stereocenters. The zero-order valence-electron chi connectivity index (χ0n) is 13.1. The van der Waals surface area contributed by atoms with Crippen LogP contribution in [0.4, 0.5) is 0 Å². The molecule has 0 aliphatic carbocycles. The van der Waals surface area contributed by atoms with Crippen molar-refractivity contribution in [1.82, 2.24) is 4.72 Å². The van der Waals surface area contributed by atoms with Gasteiger partial charge in [-0.3, -0.25) is 0 Å². The van der Waals surface area contributed by atoms with E-state index in [4.69, 9.17) is 17.3 Å². The average Bonchev–Trinajstić information content (AvgIpc) is 2.39. The van der Waals surface area contributed by atoms with Crippen LogP contribution in [0.25, 0.3) is 0 Å². The van der Waals surface area contributed by atoms with E-state index >= 15 is 0 Å². The summed E-state index contributed by atoms with van der Waals surface area (Å²) in [5.74, 6) is 0.475. The van der Waals surface area contributed by atoms with Crippen molar-refractivity contribution in [2.45, 2.75) is 58.0 Å². The Morgan fingerprint density at radius 1 is 1.33 bits per heavy atom. The van der Waals surface area contributed by atoms with Crippen LogP contribution < -0.4 is 10.5 Å². The Hall–Kier alpha value is -0.620. The van der Waals surface area contributed by atoms with Crippen LogP contribution in [-0.4, -0.2) is 14.5 Å². The van der Waals surface area contributed by atoms with E-state index in [9.17, 15) is 8.42 Å². The topological polar surface area (TPSA) is 72.2 Å². The van der Waals surface area contributed by atoms with Gasteiger partial charge in [0, 0.05) is 17.6 Å². The number of nitrogens with two attached hydrogens (primary N) is 1. The van der Waals surface area contributed by atoms with E-state index in [1.54, 1.807) is 13.0 Å². The molecule has 0 aromatic heterocycles. The molecule has 120 valence electrons. The van der Waals surface area contributed by atoms with Crippen molar-refractivity contribution in [3.05, 3.63) is 28.3 Å². The van der Waals surface area contributed by atoms with E-state index < -0.39 is 10.0 Å². The minimum atomic E-state index is -3.59. The van der Waals surface area contributed by atoms with Crippen molar-refractivity contribution in [2.24, 2.45) is 11.7 Å². The molecule has 0 spiro atoms. The lowest BCUT2D eigenvalue weighted by Crippen LogP contribution is -2.34. The van der Waals surface area contributed by atoms with Crippen LogP contribution in [0, 0.1) is 12.8 Å². The van der Waals surface area contributed by atoms with Gasteiger partial charge in [0.25, 0.3) is 0 Å². The highest BCUT2D eigenvalue weighted by molar-refractivity contribution is 7.89. The lowest BCUT2D eigenvalue weighted by Gasteiger charge is -2.19. The molecule has 6 heteroatoms. The van der Waals surface area contributed by atoms with Gasteiger partial charge in [-0.2, -0.15) is 0 Å². The van der Waals surface area contributed by atoms with Crippen molar-refractivity contribution in [2.75, 3.05) is 0 Å². The highest BCUT2D eigenvalue weighted by atomic mass is 35.5. The van der Waals surface area contributed by atoms with Gasteiger partial charge in [-0.25, -0.2) is 13.1 Å². The average molecular weight is 333 g/mol. The lowest BCUT2D eigenvalue weighted by molar-refractivity contribution is 0.445. The maximum absolute atomic E-state index is 12.5. The minimum absolute atomic E-state index is 0.121. The van der Waals surface area contributed by atoms with E-state index in [-0.39, 0.29) is 17.5 Å². The molecule has 0 saturated carbocycles. The van der Waals surface area contributed by atoms with Crippen molar-refractivity contribution in [1.29, 1.82) is 0 Å². The predicted molar refractivity (Wildman–Crippen MR) is 87.9 cm³/mol. The largest absolute Gasteiger partial charge is 0.326 e. The zero-order chi connectivity index (χ0) is 16.2. The van der Waals surface area contributed by atoms with Gasteiger partial charge >= 0.3 is 0 Å². The Kier molecular flexibility index (Phi) is 6.66. The smallest absolute Gasteiger partial charge is 0.241 e. The predicted octanol–water partition coefficient (Wildman–Crippen LogP) is 3.21. The van der Waals surface area contributed by atoms with Crippen LogP contribution in [0.15, 0.2) is 17.0 Å². The summed E-state index contributed by atoms with van der Waals surface area (Å²) < 4.78 is 27.8. The van der Waals surface area contributed by atoms with Gasteiger partial charge in [-0.1, -0.05) is 31.9 Å². The number of halogens is 1. The standard InChI is InChI=1S/C15H25ClN2O2S/c1-5-10(2)6-11(3)18-21(19,20)15-8-14(16)7-13(9-17)12(15)4/h7-8,10-11,18H,5-6,9,17H2,1-4H3. The van der Waals surface area contributed by atoms with Crippen molar-refractivity contribution < 1.29 is 8.42 Å². The summed E-state index contributed by atoms with van der Waals surface area (Å²) in [6.45, 7) is 8.11. The Morgan fingerprint density at radius 2 is 1.95 bits per heavy atom. The van der Waals surface area contributed by atoms with Crippen molar-refractivity contribution in [3.63, 3.8) is 0 Å². The van der Waals surface area contributed by atoms with Gasteiger partial charge in [0.15, 0.2) is 0 Å². The molecule has 1 aromatic carbocycles. The van der Waals surface area contributed by atoms with Crippen LogP contribution in [0.2, 0.25) is 5.02 Å². The van der Waals surface area contributed by atoms with Gasteiger partial charge in [0.2, 0.25) is 10.0 Å². The molecule has 3 N–H and O–H groups in total. The number of sulfonamides is 1. The molecule has 0 fully saturated rings. The molecule has 21 heavy (non-hydrogen) atoms. The molecule has 0 aliphatic heterocycles. The van der Waals surface area contributed by atoms with Gasteiger partial charge < -0.3 is 5.73 Å². The van der Waals surface area contributed by atoms with Gasteiger partial charge in [-0.15, -0.1) is 0 Å². The van der Waals surface area contributed by atoms with Crippen LogP contribution in [0.5, 0.6) is 0 Å². The Bertz CT molecular complexity index is 588. The number of hydrogen-bond acceptors (Lipinski definition) is 3. The summed E-state index contributed by atoms with van der Waals surface area (Å²) in [5, 5.41) is 0.385. The van der Waals surface area contributed by atoms with E-state index in [0.717, 1.165) is 18.4 Å². The molecule has 0 aliphatic rings. The molecule has 4 nitrogen and oxygen atoms in total. The molecule has 0 amide bonds. The SMILES string of the molecule is CCC(C)CC(C)NS(=O)(=O)c1cc(Cl)cc(CN)c1C. The normalized spacial score (nSPS) is 15.0. The summed E-state index contributed by atoms with van der Waals surface area (Å²) in [6.07, 6.45) is 1.83. The monoisotopic (exact) mass is 332 g/mol. The first-order chi connectivity index (χ1) is 9.71. The summed E-state index contributed by atoms with van der Waals surface area (Å²) in [5.41, 5.74) is 7.05. The summed E-state index contributed by atoms with van der Waals surface area (Å²) in [7, 11) is -3.59. The number of hydrogen-bond donors (Lipinski definition) is 2. The molecule has 1 rings (SSSR count). The Balaban J connectivity index is 3.06. The third-order valence-electron chi connectivity index (χ3n) is 3.75. The van der Waals surface area contributed by atoms with Gasteiger partial charge in [-0.05, 0) is 49.4 Å². The zero-order valence-corrected chi connectivity index (χ0v) is 14.7. The Morgan fingerprint density at radius 3 is 2.48 bits per heavy atom. The van der Waals surface area contributed by atoms with Gasteiger partial charge in [0.05, 0.1) is 4.90 Å². The number of rotatable bonds is 7. The lowest BCUT2D eigenvalue weighted by atomic mass is 10.0. The van der Waals surface area contributed by atoms with Crippen molar-refractivity contribution >= 4 is 21.6 Å². The Labute approximate surface area is 133 Å². The highest BCUT2D eigenvalue weighted by Crippen LogP contribution is 2.25. The van der Waals surface area contributed by atoms with Crippen LogP contribution >= 0.6 is 11.6 Å². The third-order valence-corrected chi connectivity index (χ3v) is 5.68. The summed E-state index contributed by atoms with van der Waals surface area (Å²) in [4.78, 5) is 0.214. The molecule has 0 bridgehead atoms. The van der Waals surface area contributed by atoms with E-state index in [1.165, 1.54) is 6.07 Å². The first-order valence-corrected chi connectivity index (χ1v) is 9.08. The quantitative estimate of drug-likeness (QED) is 0.805. The molecule has 0 heterocycles. The van der Waals surface area contributed by atoms with Crippen LogP contribution in [0.1, 0.15) is 44.7 Å². The van der Waals surface area contributed by atoms with E-state index in [1.807, 2.05) is 6.92 Å².